The van der Waals surface area contributed by atoms with Crippen molar-refractivity contribution in [3.05, 3.63) is 180 Å². The first-order valence-electron chi connectivity index (χ1n) is 17.2. The van der Waals surface area contributed by atoms with Crippen LogP contribution in [-0.4, -0.2) is 27.3 Å². The van der Waals surface area contributed by atoms with E-state index < -0.39 is 14.7 Å². The van der Waals surface area contributed by atoms with Crippen LogP contribution in [0.5, 0.6) is 0 Å². The Morgan fingerprint density at radius 3 is 1.24 bits per heavy atom. The quantitative estimate of drug-likeness (QED) is 0.0731. The number of rotatable bonds is 15. The second-order valence-electron chi connectivity index (χ2n) is 12.5. The van der Waals surface area contributed by atoms with Gasteiger partial charge in [0.1, 0.15) is 0 Å². The molecule has 6 rings (SSSR count). The Morgan fingerprint density at radius 1 is 0.560 bits per heavy atom. The van der Waals surface area contributed by atoms with Crippen molar-refractivity contribution < 1.29 is 18.2 Å². The van der Waals surface area contributed by atoms with Crippen molar-refractivity contribution in [2.24, 2.45) is 11.8 Å². The molecule has 0 amide bonds. The van der Waals surface area contributed by atoms with Crippen LogP contribution in [0.4, 0.5) is 0 Å². The summed E-state index contributed by atoms with van der Waals surface area (Å²) in [6.07, 6.45) is 14.2. The van der Waals surface area contributed by atoms with E-state index >= 15 is 0 Å². The molecule has 4 aromatic carbocycles. The molecule has 2 N–H and O–H groups in total. The zero-order valence-corrected chi connectivity index (χ0v) is 30.5. The average molecular weight is 705 g/mol. The van der Waals surface area contributed by atoms with Crippen LogP contribution in [-0.2, 0) is 18.2 Å². The van der Waals surface area contributed by atoms with Crippen molar-refractivity contribution in [1.82, 2.24) is 10.6 Å². The van der Waals surface area contributed by atoms with Gasteiger partial charge >= 0.3 is 0 Å². The minimum Gasteiger partial charge on any atom is -0.326 e. The lowest BCUT2D eigenvalue weighted by molar-refractivity contribution is 0.387. The van der Waals surface area contributed by atoms with E-state index in [1.54, 1.807) is 14.2 Å². The van der Waals surface area contributed by atoms with Gasteiger partial charge in [0.25, 0.3) is 14.7 Å². The SMILES string of the molecule is CO[P@@](=O)(C1=CCC=C[C@H]1[C@@H](NCCN[C@H](c1ccccc1)[C@H]1C=CCC=C1[P@@](=O)(OC)c1ccccc1)c1ccccc1)c1ccccc1. The monoisotopic (exact) mass is 704 g/mol. The highest BCUT2D eigenvalue weighted by atomic mass is 31.2. The molecule has 258 valence electrons. The van der Waals surface area contributed by atoms with E-state index in [1.165, 1.54) is 0 Å². The summed E-state index contributed by atoms with van der Waals surface area (Å²) in [5.41, 5.74) is 2.21. The van der Waals surface area contributed by atoms with E-state index in [1.807, 2.05) is 97.1 Å². The Hall–Kier alpha value is -3.86. The summed E-state index contributed by atoms with van der Waals surface area (Å²) >= 11 is 0. The van der Waals surface area contributed by atoms with Crippen LogP contribution < -0.4 is 21.2 Å². The summed E-state index contributed by atoms with van der Waals surface area (Å²) in [5.74, 6) is -0.368. The van der Waals surface area contributed by atoms with E-state index in [0.29, 0.717) is 36.5 Å². The largest absolute Gasteiger partial charge is 0.326 e. The summed E-state index contributed by atoms with van der Waals surface area (Å²) in [6.45, 7) is 1.25. The van der Waals surface area contributed by atoms with Crippen molar-refractivity contribution in [1.29, 1.82) is 0 Å². The summed E-state index contributed by atoms with van der Waals surface area (Å²) in [6, 6.07) is 39.4. The van der Waals surface area contributed by atoms with Crippen LogP contribution in [0.2, 0.25) is 0 Å². The maximum atomic E-state index is 14.7. The Balaban J connectivity index is 1.26. The van der Waals surface area contributed by atoms with Crippen molar-refractivity contribution in [3.8, 4) is 0 Å². The van der Waals surface area contributed by atoms with E-state index in [0.717, 1.165) is 21.8 Å². The smallest absolute Gasteiger partial charge is 0.257 e. The van der Waals surface area contributed by atoms with Gasteiger partial charge < -0.3 is 19.7 Å². The Kier molecular flexibility index (Phi) is 12.2. The van der Waals surface area contributed by atoms with Gasteiger partial charge in [-0.2, -0.15) is 0 Å². The molecule has 2 aliphatic carbocycles. The highest BCUT2D eigenvalue weighted by Crippen LogP contribution is 2.60. The molecule has 0 aromatic heterocycles. The minimum absolute atomic E-state index is 0.153. The molecular weight excluding hydrogens is 658 g/mol. The van der Waals surface area contributed by atoms with E-state index in [4.69, 9.17) is 9.05 Å². The van der Waals surface area contributed by atoms with Crippen LogP contribution in [0.1, 0.15) is 36.1 Å². The average Bonchev–Trinajstić information content (AvgIpc) is 3.20. The predicted molar refractivity (Wildman–Crippen MR) is 206 cm³/mol. The fraction of sp³-hybridized carbons (Fsp3) is 0.238. The Morgan fingerprint density at radius 2 is 0.900 bits per heavy atom. The van der Waals surface area contributed by atoms with Crippen LogP contribution in [0.25, 0.3) is 0 Å². The van der Waals surface area contributed by atoms with E-state index in [2.05, 4.69) is 71.4 Å². The summed E-state index contributed by atoms with van der Waals surface area (Å²) in [4.78, 5) is 0. The lowest BCUT2D eigenvalue weighted by Crippen LogP contribution is -2.38. The van der Waals surface area contributed by atoms with Gasteiger partial charge in [-0.3, -0.25) is 9.13 Å². The molecule has 6 atom stereocenters. The fourth-order valence-electron chi connectivity index (χ4n) is 7.14. The number of benzene rings is 4. The third-order valence-corrected chi connectivity index (χ3v) is 14.9. The first-order chi connectivity index (χ1) is 24.5. The first-order valence-corrected chi connectivity index (χ1v) is 20.5. The first kappa shape index (κ1) is 35.9. The van der Waals surface area contributed by atoms with Crippen molar-refractivity contribution in [2.75, 3.05) is 27.3 Å². The molecule has 0 saturated carbocycles. The van der Waals surface area contributed by atoms with Crippen LogP contribution in [0, 0.1) is 11.8 Å². The van der Waals surface area contributed by atoms with Crippen LogP contribution in [0.3, 0.4) is 0 Å². The number of hydrogen-bond donors (Lipinski definition) is 2. The summed E-state index contributed by atoms with van der Waals surface area (Å²) < 4.78 is 41.1. The zero-order chi connectivity index (χ0) is 34.8. The number of hydrogen-bond acceptors (Lipinski definition) is 6. The van der Waals surface area contributed by atoms with Crippen molar-refractivity contribution >= 4 is 25.3 Å². The molecule has 0 fully saturated rings. The fourth-order valence-corrected chi connectivity index (χ4v) is 11.7. The van der Waals surface area contributed by atoms with E-state index in [-0.39, 0.29) is 23.9 Å². The summed E-state index contributed by atoms with van der Waals surface area (Å²) in [5, 5.41) is 10.7. The van der Waals surface area contributed by atoms with Gasteiger partial charge in [0.2, 0.25) is 0 Å². The second kappa shape index (κ2) is 16.9. The molecule has 0 saturated heterocycles. The third kappa shape index (κ3) is 7.72. The third-order valence-electron chi connectivity index (χ3n) is 9.57. The van der Waals surface area contributed by atoms with Crippen molar-refractivity contribution in [3.63, 3.8) is 0 Å². The molecule has 0 heterocycles. The molecule has 0 radical (unpaired) electrons. The highest BCUT2D eigenvalue weighted by molar-refractivity contribution is 7.71. The molecule has 50 heavy (non-hydrogen) atoms. The predicted octanol–water partition coefficient (Wildman–Crippen LogP) is 9.07. The molecule has 0 spiro atoms. The van der Waals surface area contributed by atoms with Crippen LogP contribution in [0.15, 0.2) is 168 Å². The second-order valence-corrected chi connectivity index (χ2v) is 17.5. The normalized spacial score (nSPS) is 20.9. The van der Waals surface area contributed by atoms with Gasteiger partial charge in [-0.05, 0) is 48.2 Å². The maximum Gasteiger partial charge on any atom is 0.257 e. The molecule has 6 nitrogen and oxygen atoms in total. The summed E-state index contributed by atoms with van der Waals surface area (Å²) in [7, 11) is -3.55. The van der Waals surface area contributed by atoms with E-state index in [9.17, 15) is 9.13 Å². The standard InChI is InChI=1S/C42H46N2O4P2/c1-47-49(45,35-23-11-5-12-24-35)39-29-17-15-27-37(39)41(33-19-7-3-8-20-33)43-31-32-44-42(34-21-9-4-10-22-34)38-28-16-18-30-40(38)50(46,48-2)36-25-13-6-14-26-36/h3-16,19-30,37-38,41-44H,17-18,31-32H2,1-2H3/t37-,38+,41+,42-,49-,50+. The van der Waals surface area contributed by atoms with Crippen molar-refractivity contribution in [2.45, 2.75) is 24.9 Å². The molecular formula is C42H46N2O4P2. The van der Waals surface area contributed by atoms with Crippen LogP contribution >= 0.6 is 14.7 Å². The minimum atomic E-state index is -3.32. The maximum absolute atomic E-state index is 14.7. The number of allylic oxidation sites excluding steroid dienone is 4. The molecule has 2 aliphatic rings. The molecule has 0 unspecified atom stereocenters. The Labute approximate surface area is 296 Å². The Bertz CT molecular complexity index is 1770. The molecule has 4 aromatic rings. The zero-order valence-electron chi connectivity index (χ0n) is 28.7. The topological polar surface area (TPSA) is 76.7 Å². The lowest BCUT2D eigenvalue weighted by atomic mass is 9.89. The molecule has 8 heteroatoms. The van der Waals surface area contributed by atoms with Gasteiger partial charge in [0, 0.05) is 72.5 Å². The highest BCUT2D eigenvalue weighted by Gasteiger charge is 2.40. The van der Waals surface area contributed by atoms with Gasteiger partial charge in [-0.25, -0.2) is 0 Å². The van der Waals surface area contributed by atoms with Gasteiger partial charge in [0.05, 0.1) is 0 Å². The van der Waals surface area contributed by atoms with Gasteiger partial charge in [0.15, 0.2) is 0 Å². The van der Waals surface area contributed by atoms with Gasteiger partial charge in [-0.15, -0.1) is 0 Å². The lowest BCUT2D eigenvalue weighted by Gasteiger charge is -2.35. The molecule has 0 aliphatic heterocycles. The van der Waals surface area contributed by atoms with Gasteiger partial charge in [-0.1, -0.05) is 134 Å². The molecule has 0 bridgehead atoms. The number of nitrogens with one attached hydrogen (secondary N) is 2.